The lowest BCUT2D eigenvalue weighted by molar-refractivity contribution is 0.729. The molecule has 2 aromatic heterocycles. The summed E-state index contributed by atoms with van der Waals surface area (Å²) in [5.74, 6) is 0. The summed E-state index contributed by atoms with van der Waals surface area (Å²) < 4.78 is 2.04. The second-order valence-corrected chi connectivity index (χ2v) is 5.00. The van der Waals surface area contributed by atoms with Gasteiger partial charge in [-0.25, -0.2) is 4.98 Å². The number of fused-ring (bicyclic) bond motifs is 1. The molecule has 0 fully saturated rings. The van der Waals surface area contributed by atoms with Crippen LogP contribution in [0.1, 0.15) is 31.9 Å². The van der Waals surface area contributed by atoms with Crippen LogP contribution in [0.15, 0.2) is 41.4 Å². The number of aliphatic imine (C=N–C) groups is 1. The predicted octanol–water partition coefficient (Wildman–Crippen LogP) is 3.12. The van der Waals surface area contributed by atoms with E-state index < -0.39 is 0 Å². The third kappa shape index (κ3) is 3.84. The summed E-state index contributed by atoms with van der Waals surface area (Å²) in [6, 6.07) is 3.97. The maximum absolute atomic E-state index is 5.67. The SMILES string of the molecule is CCCCCN=CC(=CN)Nc1cccn2c(C)cnc12. The first-order valence-electron chi connectivity index (χ1n) is 7.37. The normalized spacial score (nSPS) is 12.4. The van der Waals surface area contributed by atoms with Gasteiger partial charge in [0.25, 0.3) is 0 Å². The Morgan fingerprint density at radius 3 is 3.10 bits per heavy atom. The van der Waals surface area contributed by atoms with Crippen LogP contribution in [0.25, 0.3) is 5.65 Å². The molecular weight excluding hydrogens is 262 g/mol. The number of hydrogen-bond acceptors (Lipinski definition) is 4. The van der Waals surface area contributed by atoms with E-state index in [9.17, 15) is 0 Å². The quantitative estimate of drug-likeness (QED) is 0.606. The van der Waals surface area contributed by atoms with Crippen molar-refractivity contribution in [3.8, 4) is 0 Å². The predicted molar refractivity (Wildman–Crippen MR) is 88.7 cm³/mol. The molecule has 0 saturated heterocycles. The van der Waals surface area contributed by atoms with Gasteiger partial charge in [-0.05, 0) is 25.5 Å². The second kappa shape index (κ2) is 7.47. The number of hydrogen-bond donors (Lipinski definition) is 2. The van der Waals surface area contributed by atoms with Gasteiger partial charge in [-0.3, -0.25) is 4.99 Å². The molecule has 0 aromatic carbocycles. The van der Waals surface area contributed by atoms with Gasteiger partial charge in [-0.15, -0.1) is 0 Å². The van der Waals surface area contributed by atoms with Gasteiger partial charge in [0.2, 0.25) is 0 Å². The Labute approximate surface area is 125 Å². The van der Waals surface area contributed by atoms with Crippen molar-refractivity contribution in [1.82, 2.24) is 9.38 Å². The summed E-state index contributed by atoms with van der Waals surface area (Å²) in [5.41, 5.74) is 9.35. The summed E-state index contributed by atoms with van der Waals surface area (Å²) in [4.78, 5) is 8.81. The average Bonchev–Trinajstić information content (AvgIpc) is 2.88. The fraction of sp³-hybridized carbons (Fsp3) is 0.375. The first kappa shape index (κ1) is 15.1. The zero-order chi connectivity index (χ0) is 15.1. The van der Waals surface area contributed by atoms with Gasteiger partial charge in [-0.1, -0.05) is 19.8 Å². The molecule has 0 aliphatic rings. The summed E-state index contributed by atoms with van der Waals surface area (Å²) >= 11 is 0. The van der Waals surface area contributed by atoms with Crippen LogP contribution in [0.5, 0.6) is 0 Å². The van der Waals surface area contributed by atoms with Gasteiger partial charge in [-0.2, -0.15) is 0 Å². The molecular formula is C16H23N5. The smallest absolute Gasteiger partial charge is 0.160 e. The van der Waals surface area contributed by atoms with Crippen LogP contribution in [0.4, 0.5) is 5.69 Å². The molecule has 5 nitrogen and oxygen atoms in total. The van der Waals surface area contributed by atoms with E-state index in [2.05, 4.69) is 22.2 Å². The highest BCUT2D eigenvalue weighted by atomic mass is 15.0. The molecule has 21 heavy (non-hydrogen) atoms. The lowest BCUT2D eigenvalue weighted by Gasteiger charge is -2.08. The minimum atomic E-state index is 0.778. The highest BCUT2D eigenvalue weighted by molar-refractivity contribution is 5.85. The molecule has 2 rings (SSSR count). The van der Waals surface area contributed by atoms with E-state index in [1.807, 2.05) is 35.9 Å². The highest BCUT2D eigenvalue weighted by Gasteiger charge is 2.05. The number of unbranched alkanes of at least 4 members (excludes halogenated alkanes) is 2. The van der Waals surface area contributed by atoms with E-state index in [1.165, 1.54) is 19.0 Å². The molecule has 0 bridgehead atoms. The molecule has 0 unspecified atom stereocenters. The number of pyridine rings is 1. The number of aromatic nitrogens is 2. The van der Waals surface area contributed by atoms with Gasteiger partial charge in [0.15, 0.2) is 5.65 Å². The Bertz CT molecular complexity index is 639. The van der Waals surface area contributed by atoms with Crippen molar-refractivity contribution in [1.29, 1.82) is 0 Å². The van der Waals surface area contributed by atoms with E-state index in [1.54, 1.807) is 6.21 Å². The van der Waals surface area contributed by atoms with Gasteiger partial charge in [0.05, 0.1) is 11.4 Å². The first-order valence-corrected chi connectivity index (χ1v) is 7.37. The van der Waals surface area contributed by atoms with E-state index in [4.69, 9.17) is 5.73 Å². The summed E-state index contributed by atoms with van der Waals surface area (Å²) in [6.45, 7) is 5.04. The molecule has 3 N–H and O–H groups in total. The number of allylic oxidation sites excluding steroid dienone is 1. The Kier molecular flexibility index (Phi) is 5.37. The largest absolute Gasteiger partial charge is 0.403 e. The van der Waals surface area contributed by atoms with Crippen LogP contribution < -0.4 is 11.1 Å². The van der Waals surface area contributed by atoms with Gasteiger partial charge < -0.3 is 15.5 Å². The van der Waals surface area contributed by atoms with E-state index in [0.29, 0.717) is 0 Å². The number of imidazole rings is 1. The Balaban J connectivity index is 2.07. The van der Waals surface area contributed by atoms with E-state index in [0.717, 1.165) is 35.7 Å². The van der Waals surface area contributed by atoms with Gasteiger partial charge in [0, 0.05) is 37.0 Å². The minimum absolute atomic E-state index is 0.778. The molecule has 2 aromatic rings. The molecule has 0 aliphatic heterocycles. The number of rotatable bonds is 7. The molecule has 0 atom stereocenters. The van der Waals surface area contributed by atoms with Crippen LogP contribution >= 0.6 is 0 Å². The van der Waals surface area contributed by atoms with Crippen molar-refractivity contribution in [3.63, 3.8) is 0 Å². The number of nitrogens with zero attached hydrogens (tertiary/aromatic N) is 3. The number of aryl methyl sites for hydroxylation is 1. The van der Waals surface area contributed by atoms with Crippen LogP contribution in [0, 0.1) is 6.92 Å². The average molecular weight is 285 g/mol. The van der Waals surface area contributed by atoms with Crippen molar-refractivity contribution in [2.45, 2.75) is 33.1 Å². The number of anilines is 1. The van der Waals surface area contributed by atoms with Crippen molar-refractivity contribution in [2.75, 3.05) is 11.9 Å². The van der Waals surface area contributed by atoms with Crippen molar-refractivity contribution in [3.05, 3.63) is 42.1 Å². The van der Waals surface area contributed by atoms with Gasteiger partial charge in [0.1, 0.15) is 0 Å². The van der Waals surface area contributed by atoms with E-state index >= 15 is 0 Å². The lowest BCUT2D eigenvalue weighted by Crippen LogP contribution is -2.05. The van der Waals surface area contributed by atoms with Crippen LogP contribution in [0.2, 0.25) is 0 Å². The minimum Gasteiger partial charge on any atom is -0.403 e. The maximum Gasteiger partial charge on any atom is 0.160 e. The summed E-state index contributed by atoms with van der Waals surface area (Å²) in [7, 11) is 0. The fourth-order valence-corrected chi connectivity index (χ4v) is 2.12. The third-order valence-corrected chi connectivity index (χ3v) is 3.30. The van der Waals surface area contributed by atoms with Crippen LogP contribution in [-0.2, 0) is 0 Å². The van der Waals surface area contributed by atoms with Crippen molar-refractivity contribution < 1.29 is 0 Å². The highest BCUT2D eigenvalue weighted by Crippen LogP contribution is 2.17. The zero-order valence-corrected chi connectivity index (χ0v) is 12.7. The third-order valence-electron chi connectivity index (χ3n) is 3.30. The fourth-order valence-electron chi connectivity index (χ4n) is 2.12. The standard InChI is InChI=1S/C16H23N5/c1-3-4-5-8-18-12-14(10-17)20-15-7-6-9-21-13(2)11-19-16(15)21/h6-7,9-12,20H,3-5,8,17H2,1-2H3. The molecule has 5 heteroatoms. The summed E-state index contributed by atoms with van der Waals surface area (Å²) in [5, 5.41) is 3.28. The summed E-state index contributed by atoms with van der Waals surface area (Å²) in [6.07, 6.45) is 10.7. The Morgan fingerprint density at radius 1 is 1.48 bits per heavy atom. The monoisotopic (exact) mass is 285 g/mol. The molecule has 2 heterocycles. The Morgan fingerprint density at radius 2 is 2.33 bits per heavy atom. The van der Waals surface area contributed by atoms with Crippen molar-refractivity contribution >= 4 is 17.5 Å². The number of nitrogens with one attached hydrogen (secondary N) is 1. The maximum atomic E-state index is 5.67. The molecule has 112 valence electrons. The lowest BCUT2D eigenvalue weighted by atomic mass is 10.2. The van der Waals surface area contributed by atoms with Crippen molar-refractivity contribution in [2.24, 2.45) is 10.7 Å². The van der Waals surface area contributed by atoms with Crippen LogP contribution in [-0.4, -0.2) is 22.1 Å². The topological polar surface area (TPSA) is 67.7 Å². The first-order chi connectivity index (χ1) is 10.3. The molecule has 0 radical (unpaired) electrons. The number of nitrogens with two attached hydrogens (primary N) is 1. The van der Waals surface area contributed by atoms with E-state index in [-0.39, 0.29) is 0 Å². The van der Waals surface area contributed by atoms with Crippen LogP contribution in [0.3, 0.4) is 0 Å². The molecule has 0 amide bonds. The Hall–Kier alpha value is -2.30. The molecule has 0 spiro atoms. The second-order valence-electron chi connectivity index (χ2n) is 5.00. The zero-order valence-electron chi connectivity index (χ0n) is 12.7. The molecule has 0 aliphatic carbocycles. The van der Waals surface area contributed by atoms with Gasteiger partial charge >= 0.3 is 0 Å². The molecule has 0 saturated carbocycles.